The third kappa shape index (κ3) is 4.97. The van der Waals surface area contributed by atoms with Gasteiger partial charge in [-0.15, -0.1) is 0 Å². The summed E-state index contributed by atoms with van der Waals surface area (Å²) < 4.78 is 10.8. The molecule has 0 aliphatic heterocycles. The predicted molar refractivity (Wildman–Crippen MR) is 130 cm³/mol. The molecule has 3 aromatic carbocycles. The SMILES string of the molecule is COc1ccc(OC)c(-c2cnc(-c3ccc(CNC(=O)c4cccc(Cl)c4Cl)cc3)[nH]2)c1. The van der Waals surface area contributed by atoms with Gasteiger partial charge in [0.05, 0.1) is 41.7 Å². The summed E-state index contributed by atoms with van der Waals surface area (Å²) >= 11 is 12.1. The van der Waals surface area contributed by atoms with E-state index in [-0.39, 0.29) is 10.9 Å². The molecular weight excluding hydrogens is 461 g/mol. The molecule has 0 spiro atoms. The number of nitrogens with zero attached hydrogens (tertiary/aromatic N) is 1. The molecule has 1 amide bonds. The number of hydrogen-bond donors (Lipinski definition) is 2. The van der Waals surface area contributed by atoms with Gasteiger partial charge in [-0.05, 0) is 35.9 Å². The molecule has 0 aliphatic rings. The maximum absolute atomic E-state index is 12.4. The van der Waals surface area contributed by atoms with Crippen molar-refractivity contribution in [1.82, 2.24) is 15.3 Å². The van der Waals surface area contributed by atoms with Gasteiger partial charge in [-0.1, -0.05) is 53.5 Å². The number of benzene rings is 3. The fourth-order valence-electron chi connectivity index (χ4n) is 3.37. The van der Waals surface area contributed by atoms with E-state index >= 15 is 0 Å². The van der Waals surface area contributed by atoms with Gasteiger partial charge in [0.15, 0.2) is 0 Å². The van der Waals surface area contributed by atoms with Crippen LogP contribution in [0.25, 0.3) is 22.6 Å². The van der Waals surface area contributed by atoms with Crippen LogP contribution < -0.4 is 14.8 Å². The highest BCUT2D eigenvalue weighted by molar-refractivity contribution is 6.43. The number of imidazole rings is 1. The van der Waals surface area contributed by atoms with Gasteiger partial charge in [0.1, 0.15) is 17.3 Å². The first-order chi connectivity index (χ1) is 16.0. The first-order valence-corrected chi connectivity index (χ1v) is 10.8. The third-order valence-corrected chi connectivity index (χ3v) is 5.97. The van der Waals surface area contributed by atoms with Crippen molar-refractivity contribution in [1.29, 1.82) is 0 Å². The zero-order chi connectivity index (χ0) is 23.4. The molecule has 1 aromatic heterocycles. The molecule has 168 valence electrons. The predicted octanol–water partition coefficient (Wildman–Crippen LogP) is 6.00. The molecule has 2 N–H and O–H groups in total. The van der Waals surface area contributed by atoms with E-state index in [1.165, 1.54) is 0 Å². The summed E-state index contributed by atoms with van der Waals surface area (Å²) in [5, 5.41) is 3.45. The number of hydrogen-bond acceptors (Lipinski definition) is 4. The Balaban J connectivity index is 1.47. The number of amides is 1. The Labute approximate surface area is 201 Å². The number of ether oxygens (including phenoxy) is 2. The normalized spacial score (nSPS) is 10.7. The largest absolute Gasteiger partial charge is 0.497 e. The topological polar surface area (TPSA) is 76.2 Å². The number of nitrogens with one attached hydrogen (secondary N) is 2. The number of carbonyl (C=O) groups is 1. The van der Waals surface area contributed by atoms with Crippen LogP contribution in [-0.4, -0.2) is 30.1 Å². The average Bonchev–Trinajstić information content (AvgIpc) is 3.34. The monoisotopic (exact) mass is 481 g/mol. The van der Waals surface area contributed by atoms with E-state index in [2.05, 4.69) is 15.3 Å². The summed E-state index contributed by atoms with van der Waals surface area (Å²) in [6, 6.07) is 18.3. The van der Waals surface area contributed by atoms with E-state index in [0.29, 0.717) is 17.1 Å². The fraction of sp³-hybridized carbons (Fsp3) is 0.120. The minimum Gasteiger partial charge on any atom is -0.497 e. The number of aromatic nitrogens is 2. The standard InChI is InChI=1S/C25H21Cl2N3O3/c1-32-17-10-11-22(33-2)19(12-17)21-14-28-24(30-21)16-8-6-15(7-9-16)13-29-25(31)18-4-3-5-20(26)23(18)27/h3-12,14H,13H2,1-2H3,(H,28,30)(H,29,31). The number of carbonyl (C=O) groups excluding carboxylic acids is 1. The molecule has 0 radical (unpaired) electrons. The van der Waals surface area contributed by atoms with Crippen molar-refractivity contribution in [2.45, 2.75) is 6.54 Å². The lowest BCUT2D eigenvalue weighted by molar-refractivity contribution is 0.0951. The van der Waals surface area contributed by atoms with Crippen LogP contribution in [0, 0.1) is 0 Å². The molecule has 8 heteroatoms. The number of rotatable bonds is 7. The van der Waals surface area contributed by atoms with Crippen LogP contribution in [0.2, 0.25) is 10.0 Å². The Kier molecular flexibility index (Phi) is 6.87. The first kappa shape index (κ1) is 22.7. The Hall–Kier alpha value is -3.48. The summed E-state index contributed by atoms with van der Waals surface area (Å²) in [4.78, 5) is 20.3. The Morgan fingerprint density at radius 3 is 2.55 bits per heavy atom. The van der Waals surface area contributed by atoms with E-state index in [1.54, 1.807) is 38.6 Å². The maximum Gasteiger partial charge on any atom is 0.253 e. The van der Waals surface area contributed by atoms with Crippen LogP contribution in [0.4, 0.5) is 0 Å². The van der Waals surface area contributed by atoms with Crippen molar-refractivity contribution in [3.8, 4) is 34.1 Å². The molecule has 1 heterocycles. The van der Waals surface area contributed by atoms with Gasteiger partial charge in [0, 0.05) is 17.7 Å². The lowest BCUT2D eigenvalue weighted by atomic mass is 10.1. The Morgan fingerprint density at radius 2 is 1.82 bits per heavy atom. The van der Waals surface area contributed by atoms with Crippen molar-refractivity contribution in [2.75, 3.05) is 14.2 Å². The fourth-order valence-corrected chi connectivity index (χ4v) is 3.75. The zero-order valence-electron chi connectivity index (χ0n) is 18.0. The van der Waals surface area contributed by atoms with Gasteiger partial charge in [0.2, 0.25) is 0 Å². The zero-order valence-corrected chi connectivity index (χ0v) is 19.5. The van der Waals surface area contributed by atoms with Gasteiger partial charge >= 0.3 is 0 Å². The van der Waals surface area contributed by atoms with Crippen molar-refractivity contribution in [2.24, 2.45) is 0 Å². The van der Waals surface area contributed by atoms with Crippen LogP contribution in [0.5, 0.6) is 11.5 Å². The lowest BCUT2D eigenvalue weighted by Crippen LogP contribution is -2.23. The Bertz CT molecular complexity index is 1290. The summed E-state index contributed by atoms with van der Waals surface area (Å²) in [7, 11) is 3.25. The number of halogens is 2. The lowest BCUT2D eigenvalue weighted by Gasteiger charge is -2.09. The number of H-pyrrole nitrogens is 1. The summed E-state index contributed by atoms with van der Waals surface area (Å²) in [6.07, 6.45) is 1.76. The molecule has 6 nitrogen and oxygen atoms in total. The molecule has 4 aromatic rings. The first-order valence-electron chi connectivity index (χ1n) is 10.1. The van der Waals surface area contributed by atoms with Crippen molar-refractivity contribution >= 4 is 29.1 Å². The van der Waals surface area contributed by atoms with E-state index in [0.717, 1.165) is 39.7 Å². The second-order valence-electron chi connectivity index (χ2n) is 7.19. The van der Waals surface area contributed by atoms with Crippen LogP contribution >= 0.6 is 23.2 Å². The summed E-state index contributed by atoms with van der Waals surface area (Å²) in [5.41, 5.74) is 3.87. The molecule has 0 saturated heterocycles. The average molecular weight is 482 g/mol. The smallest absolute Gasteiger partial charge is 0.253 e. The van der Waals surface area contributed by atoms with Crippen LogP contribution in [-0.2, 0) is 6.54 Å². The summed E-state index contributed by atoms with van der Waals surface area (Å²) in [5.74, 6) is 1.88. The van der Waals surface area contributed by atoms with Gasteiger partial charge in [-0.25, -0.2) is 4.98 Å². The second kappa shape index (κ2) is 9.98. The van der Waals surface area contributed by atoms with Crippen molar-refractivity contribution < 1.29 is 14.3 Å². The van der Waals surface area contributed by atoms with Crippen LogP contribution in [0.1, 0.15) is 15.9 Å². The minimum absolute atomic E-state index is 0.244. The van der Waals surface area contributed by atoms with Crippen molar-refractivity contribution in [3.63, 3.8) is 0 Å². The summed E-state index contributed by atoms with van der Waals surface area (Å²) in [6.45, 7) is 0.354. The van der Waals surface area contributed by atoms with Crippen molar-refractivity contribution in [3.05, 3.63) is 88.0 Å². The highest BCUT2D eigenvalue weighted by Gasteiger charge is 2.13. The number of methoxy groups -OCH3 is 2. The van der Waals surface area contributed by atoms with Crippen LogP contribution in [0.15, 0.2) is 66.9 Å². The van der Waals surface area contributed by atoms with Gasteiger partial charge in [-0.2, -0.15) is 0 Å². The molecular formula is C25H21Cl2N3O3. The molecule has 0 fully saturated rings. The third-order valence-electron chi connectivity index (χ3n) is 5.15. The molecule has 4 rings (SSSR count). The molecule has 0 atom stereocenters. The van der Waals surface area contributed by atoms with E-state index in [4.69, 9.17) is 32.7 Å². The van der Waals surface area contributed by atoms with Crippen LogP contribution in [0.3, 0.4) is 0 Å². The van der Waals surface area contributed by atoms with Gasteiger partial charge in [-0.3, -0.25) is 4.79 Å². The second-order valence-corrected chi connectivity index (χ2v) is 7.98. The number of aromatic amines is 1. The van der Waals surface area contributed by atoms with E-state index in [1.807, 2.05) is 42.5 Å². The Morgan fingerprint density at radius 1 is 1.03 bits per heavy atom. The van der Waals surface area contributed by atoms with Gasteiger partial charge in [0.25, 0.3) is 5.91 Å². The highest BCUT2D eigenvalue weighted by Crippen LogP contribution is 2.33. The van der Waals surface area contributed by atoms with E-state index in [9.17, 15) is 4.79 Å². The maximum atomic E-state index is 12.4. The highest BCUT2D eigenvalue weighted by atomic mass is 35.5. The molecule has 0 aliphatic carbocycles. The minimum atomic E-state index is -0.283. The quantitative estimate of drug-likeness (QED) is 0.339. The molecule has 33 heavy (non-hydrogen) atoms. The van der Waals surface area contributed by atoms with Gasteiger partial charge < -0.3 is 19.8 Å². The van der Waals surface area contributed by atoms with E-state index < -0.39 is 0 Å². The molecule has 0 bridgehead atoms. The molecule has 0 unspecified atom stereocenters. The molecule has 0 saturated carbocycles.